The van der Waals surface area contributed by atoms with Crippen molar-refractivity contribution in [1.82, 2.24) is 0 Å². The zero-order valence-electron chi connectivity index (χ0n) is 43.8. The highest BCUT2D eigenvalue weighted by Crippen LogP contribution is 2.17. The van der Waals surface area contributed by atoms with Gasteiger partial charge < -0.3 is 14.2 Å². The van der Waals surface area contributed by atoms with Gasteiger partial charge in [0.15, 0.2) is 6.10 Å². The van der Waals surface area contributed by atoms with E-state index in [1.54, 1.807) is 0 Å². The molecule has 0 fully saturated rings. The molecule has 6 heteroatoms. The van der Waals surface area contributed by atoms with Gasteiger partial charge in [0.05, 0.1) is 0 Å². The van der Waals surface area contributed by atoms with Crippen molar-refractivity contribution < 1.29 is 28.6 Å². The first-order chi connectivity index (χ1) is 32.0. The average Bonchev–Trinajstić information content (AvgIpc) is 3.30. The molecule has 0 spiro atoms. The van der Waals surface area contributed by atoms with E-state index >= 15 is 0 Å². The molecule has 0 N–H and O–H groups in total. The lowest BCUT2D eigenvalue weighted by Crippen LogP contribution is -2.30. The van der Waals surface area contributed by atoms with Gasteiger partial charge in [-0.25, -0.2) is 0 Å². The molecule has 0 aromatic heterocycles. The molecule has 0 amide bonds. The highest BCUT2D eigenvalue weighted by molar-refractivity contribution is 5.71. The quantitative estimate of drug-likeness (QED) is 0.0262. The average molecular weight is 916 g/mol. The number of rotatable bonds is 53. The zero-order valence-corrected chi connectivity index (χ0v) is 43.8. The van der Waals surface area contributed by atoms with Crippen LogP contribution in [0.2, 0.25) is 0 Å². The Morgan fingerprint density at radius 2 is 0.538 bits per heavy atom. The molecule has 1 atom stereocenters. The number of unbranched alkanes of at least 4 members (excludes halogenated alkanes) is 38. The van der Waals surface area contributed by atoms with Crippen LogP contribution in [-0.4, -0.2) is 37.2 Å². The van der Waals surface area contributed by atoms with Crippen LogP contribution >= 0.6 is 0 Å². The summed E-state index contributed by atoms with van der Waals surface area (Å²) in [4.78, 5) is 38.0. The lowest BCUT2D eigenvalue weighted by molar-refractivity contribution is -0.167. The van der Waals surface area contributed by atoms with Crippen LogP contribution < -0.4 is 0 Å². The second kappa shape index (κ2) is 54.5. The van der Waals surface area contributed by atoms with Gasteiger partial charge in [0.25, 0.3) is 0 Å². The van der Waals surface area contributed by atoms with E-state index in [1.165, 1.54) is 205 Å². The third kappa shape index (κ3) is 52.7. The number of esters is 3. The number of hydrogen-bond acceptors (Lipinski definition) is 6. The molecular weight excluding hydrogens is 805 g/mol. The van der Waals surface area contributed by atoms with E-state index in [0.717, 1.165) is 70.6 Å². The fourth-order valence-electron chi connectivity index (χ4n) is 8.56. The first-order valence-electron chi connectivity index (χ1n) is 28.8. The van der Waals surface area contributed by atoms with E-state index in [0.29, 0.717) is 19.3 Å². The minimum Gasteiger partial charge on any atom is -0.462 e. The SMILES string of the molecule is CCC/C=C\CCCCCCCC(=O)OCC(COC(=O)CCCCCCCCCCCCC/C=C\CCCCCCCCCC)OC(=O)CCCCCCCCCCCCCCCC. The van der Waals surface area contributed by atoms with Crippen LogP contribution in [0.5, 0.6) is 0 Å². The molecule has 0 radical (unpaired) electrons. The predicted molar refractivity (Wildman–Crippen MR) is 279 cm³/mol. The molecule has 382 valence electrons. The van der Waals surface area contributed by atoms with E-state index in [-0.39, 0.29) is 31.1 Å². The van der Waals surface area contributed by atoms with Crippen molar-refractivity contribution in [1.29, 1.82) is 0 Å². The largest absolute Gasteiger partial charge is 0.462 e. The Balaban J connectivity index is 4.20. The van der Waals surface area contributed by atoms with Crippen molar-refractivity contribution in [3.63, 3.8) is 0 Å². The molecule has 0 saturated carbocycles. The first kappa shape index (κ1) is 62.9. The van der Waals surface area contributed by atoms with Gasteiger partial charge in [0, 0.05) is 19.3 Å². The molecule has 0 aliphatic heterocycles. The molecule has 1 unspecified atom stereocenters. The molecule has 0 rings (SSSR count). The fourth-order valence-corrected chi connectivity index (χ4v) is 8.56. The summed E-state index contributed by atoms with van der Waals surface area (Å²) in [5.74, 6) is -0.864. The minimum atomic E-state index is -0.769. The monoisotopic (exact) mass is 915 g/mol. The van der Waals surface area contributed by atoms with E-state index in [9.17, 15) is 14.4 Å². The minimum absolute atomic E-state index is 0.0701. The highest BCUT2D eigenvalue weighted by atomic mass is 16.6. The number of hydrogen-bond donors (Lipinski definition) is 0. The molecule has 0 heterocycles. The molecule has 0 aliphatic rings. The molecular formula is C59H110O6. The smallest absolute Gasteiger partial charge is 0.306 e. The van der Waals surface area contributed by atoms with Crippen LogP contribution in [0.3, 0.4) is 0 Å². The van der Waals surface area contributed by atoms with E-state index in [2.05, 4.69) is 45.1 Å². The number of ether oxygens (including phenoxy) is 3. The molecule has 0 saturated heterocycles. The van der Waals surface area contributed by atoms with Gasteiger partial charge >= 0.3 is 17.9 Å². The summed E-state index contributed by atoms with van der Waals surface area (Å²) in [6, 6.07) is 0. The van der Waals surface area contributed by atoms with Gasteiger partial charge in [0.2, 0.25) is 0 Å². The molecule has 0 aromatic rings. The Kier molecular flexibility index (Phi) is 52.7. The fraction of sp³-hybridized carbons (Fsp3) is 0.881. The van der Waals surface area contributed by atoms with Crippen molar-refractivity contribution in [2.75, 3.05) is 13.2 Å². The molecule has 0 aliphatic carbocycles. The maximum Gasteiger partial charge on any atom is 0.306 e. The van der Waals surface area contributed by atoms with Gasteiger partial charge in [-0.05, 0) is 64.2 Å². The standard InChI is InChI=1S/C59H110O6/c1-4-7-10-13-16-19-22-24-26-27-28-29-30-31-32-33-34-36-37-40-43-46-49-52-58(61)64-55-56(54-63-57(60)51-48-45-42-39-21-18-15-12-9-6-3)65-59(62)53-50-47-44-41-38-35-25-23-20-17-14-11-8-5-2/h12,15,27-28,56H,4-11,13-14,16-26,29-55H2,1-3H3/b15-12-,28-27-. The maximum atomic E-state index is 12.8. The summed E-state index contributed by atoms with van der Waals surface area (Å²) >= 11 is 0. The Morgan fingerprint density at radius 3 is 0.831 bits per heavy atom. The summed E-state index contributed by atoms with van der Waals surface area (Å²) in [6.07, 6.45) is 63.2. The Labute approximate surface area is 404 Å². The van der Waals surface area contributed by atoms with Gasteiger partial charge in [-0.2, -0.15) is 0 Å². The number of allylic oxidation sites excluding steroid dienone is 4. The van der Waals surface area contributed by atoms with Crippen molar-refractivity contribution in [2.45, 2.75) is 322 Å². The Hall–Kier alpha value is -2.11. The van der Waals surface area contributed by atoms with Crippen LogP contribution in [-0.2, 0) is 28.6 Å². The maximum absolute atomic E-state index is 12.8. The zero-order chi connectivity index (χ0) is 47.2. The lowest BCUT2D eigenvalue weighted by atomic mass is 10.0. The van der Waals surface area contributed by atoms with Crippen LogP contribution in [0.1, 0.15) is 316 Å². The van der Waals surface area contributed by atoms with E-state index in [1.807, 2.05) is 0 Å². The van der Waals surface area contributed by atoms with Gasteiger partial charge in [0.1, 0.15) is 13.2 Å². The van der Waals surface area contributed by atoms with Crippen molar-refractivity contribution in [2.24, 2.45) is 0 Å². The lowest BCUT2D eigenvalue weighted by Gasteiger charge is -2.18. The van der Waals surface area contributed by atoms with Crippen molar-refractivity contribution >= 4 is 17.9 Å². The van der Waals surface area contributed by atoms with E-state index < -0.39 is 6.10 Å². The predicted octanol–water partition coefficient (Wildman–Crippen LogP) is 19.1. The number of carbonyl (C=O) groups excluding carboxylic acids is 3. The van der Waals surface area contributed by atoms with E-state index in [4.69, 9.17) is 14.2 Å². The second-order valence-electron chi connectivity index (χ2n) is 19.6. The van der Waals surface area contributed by atoms with Gasteiger partial charge in [-0.1, -0.05) is 257 Å². The summed E-state index contributed by atoms with van der Waals surface area (Å²) in [7, 11) is 0. The number of carbonyl (C=O) groups is 3. The van der Waals surface area contributed by atoms with Crippen molar-refractivity contribution in [3.05, 3.63) is 24.3 Å². The van der Waals surface area contributed by atoms with Gasteiger partial charge in [-0.15, -0.1) is 0 Å². The van der Waals surface area contributed by atoms with Crippen LogP contribution in [0.25, 0.3) is 0 Å². The molecule has 65 heavy (non-hydrogen) atoms. The van der Waals surface area contributed by atoms with Crippen molar-refractivity contribution in [3.8, 4) is 0 Å². The van der Waals surface area contributed by atoms with Crippen LogP contribution in [0.15, 0.2) is 24.3 Å². The van der Waals surface area contributed by atoms with Gasteiger partial charge in [-0.3, -0.25) is 14.4 Å². The molecule has 6 nitrogen and oxygen atoms in total. The molecule has 0 aromatic carbocycles. The summed E-state index contributed by atoms with van der Waals surface area (Å²) < 4.78 is 16.8. The normalized spacial score (nSPS) is 12.1. The third-order valence-electron chi connectivity index (χ3n) is 12.9. The first-order valence-corrected chi connectivity index (χ1v) is 28.8. The Bertz CT molecular complexity index is 1050. The third-order valence-corrected chi connectivity index (χ3v) is 12.9. The topological polar surface area (TPSA) is 78.9 Å². The molecule has 0 bridgehead atoms. The summed E-state index contributed by atoms with van der Waals surface area (Å²) in [5.41, 5.74) is 0. The Morgan fingerprint density at radius 1 is 0.292 bits per heavy atom. The summed E-state index contributed by atoms with van der Waals surface area (Å²) in [6.45, 7) is 6.61. The second-order valence-corrected chi connectivity index (χ2v) is 19.6. The van der Waals surface area contributed by atoms with Crippen LogP contribution in [0.4, 0.5) is 0 Å². The van der Waals surface area contributed by atoms with Crippen LogP contribution in [0, 0.1) is 0 Å². The highest BCUT2D eigenvalue weighted by Gasteiger charge is 2.19. The summed E-state index contributed by atoms with van der Waals surface area (Å²) in [5, 5.41) is 0.